The lowest BCUT2D eigenvalue weighted by Gasteiger charge is -2.17. The normalized spacial score (nSPS) is 25.4. The van der Waals surface area contributed by atoms with Gasteiger partial charge in [0.1, 0.15) is 5.75 Å². The van der Waals surface area contributed by atoms with Crippen LogP contribution in [0.15, 0.2) is 36.4 Å². The van der Waals surface area contributed by atoms with Gasteiger partial charge in [-0.1, -0.05) is 18.2 Å². The maximum absolute atomic E-state index is 5.29. The van der Waals surface area contributed by atoms with Crippen LogP contribution in [-0.4, -0.2) is 37.7 Å². The Balaban J connectivity index is 1.52. The van der Waals surface area contributed by atoms with Crippen LogP contribution in [0.5, 0.6) is 5.75 Å². The Bertz CT molecular complexity index is 643. The van der Waals surface area contributed by atoms with Gasteiger partial charge in [-0.2, -0.15) is 0 Å². The predicted molar refractivity (Wildman–Crippen MR) is 85.7 cm³/mol. The lowest BCUT2D eigenvalue weighted by Crippen LogP contribution is -2.29. The van der Waals surface area contributed by atoms with Crippen LogP contribution in [0.3, 0.4) is 0 Å². The fourth-order valence-corrected chi connectivity index (χ4v) is 3.82. The van der Waals surface area contributed by atoms with Crippen molar-refractivity contribution in [1.82, 2.24) is 10.2 Å². The van der Waals surface area contributed by atoms with Crippen LogP contribution in [0, 0.1) is 5.92 Å². The third kappa shape index (κ3) is 2.52. The number of nitrogens with one attached hydrogen (secondary N) is 1. The van der Waals surface area contributed by atoms with Gasteiger partial charge in [0.2, 0.25) is 0 Å². The molecule has 0 spiro atoms. The number of hydrogen-bond donors (Lipinski definition) is 1. The Kier molecular flexibility index (Phi) is 3.32. The minimum atomic E-state index is 0.731. The van der Waals surface area contributed by atoms with E-state index in [0.29, 0.717) is 0 Å². The maximum atomic E-state index is 5.29. The highest BCUT2D eigenvalue weighted by atomic mass is 16.5. The molecular formula is C18H22N2O. The van der Waals surface area contributed by atoms with Crippen molar-refractivity contribution < 1.29 is 4.74 Å². The molecule has 2 aliphatic heterocycles. The van der Waals surface area contributed by atoms with Crippen molar-refractivity contribution >= 4 is 10.8 Å². The molecule has 0 saturated carbocycles. The maximum Gasteiger partial charge on any atom is 0.119 e. The van der Waals surface area contributed by atoms with Crippen LogP contribution in [0.25, 0.3) is 10.8 Å². The van der Waals surface area contributed by atoms with Gasteiger partial charge >= 0.3 is 0 Å². The molecular weight excluding hydrogens is 260 g/mol. The molecule has 3 heteroatoms. The highest BCUT2D eigenvalue weighted by Crippen LogP contribution is 2.27. The van der Waals surface area contributed by atoms with Gasteiger partial charge in [-0.3, -0.25) is 4.90 Å². The third-order valence-electron chi connectivity index (χ3n) is 4.96. The molecule has 0 amide bonds. The number of benzene rings is 2. The molecule has 1 N–H and O–H groups in total. The third-order valence-corrected chi connectivity index (χ3v) is 4.96. The molecule has 21 heavy (non-hydrogen) atoms. The van der Waals surface area contributed by atoms with Crippen LogP contribution in [-0.2, 0) is 6.54 Å². The highest BCUT2D eigenvalue weighted by molar-refractivity contribution is 5.84. The number of nitrogens with zero attached hydrogens (tertiary/aromatic N) is 1. The summed E-state index contributed by atoms with van der Waals surface area (Å²) in [4.78, 5) is 2.59. The fourth-order valence-electron chi connectivity index (χ4n) is 3.82. The second-order valence-electron chi connectivity index (χ2n) is 6.35. The lowest BCUT2D eigenvalue weighted by atomic mass is 10.1. The molecule has 2 fully saturated rings. The Morgan fingerprint density at radius 1 is 1.14 bits per heavy atom. The van der Waals surface area contributed by atoms with Gasteiger partial charge in [-0.25, -0.2) is 0 Å². The summed E-state index contributed by atoms with van der Waals surface area (Å²) < 4.78 is 5.29. The monoisotopic (exact) mass is 282 g/mol. The predicted octanol–water partition coefficient (Wildman–Crippen LogP) is 2.64. The molecule has 0 unspecified atom stereocenters. The summed E-state index contributed by atoms with van der Waals surface area (Å²) in [7, 11) is 1.72. The quantitative estimate of drug-likeness (QED) is 0.936. The van der Waals surface area contributed by atoms with Gasteiger partial charge in [-0.05, 0) is 53.4 Å². The summed E-state index contributed by atoms with van der Waals surface area (Å²) in [5, 5.41) is 6.17. The van der Waals surface area contributed by atoms with E-state index in [9.17, 15) is 0 Å². The molecule has 2 saturated heterocycles. The molecule has 3 nitrogen and oxygen atoms in total. The summed E-state index contributed by atoms with van der Waals surface area (Å²) in [6.45, 7) is 4.72. The Hall–Kier alpha value is -1.58. The smallest absolute Gasteiger partial charge is 0.119 e. The van der Waals surface area contributed by atoms with Crippen molar-refractivity contribution in [2.24, 2.45) is 5.92 Å². The number of rotatable bonds is 3. The molecule has 2 heterocycles. The molecule has 0 aromatic heterocycles. The van der Waals surface area contributed by atoms with Crippen molar-refractivity contribution in [2.75, 3.05) is 26.7 Å². The van der Waals surface area contributed by atoms with Crippen molar-refractivity contribution in [3.8, 4) is 5.75 Å². The molecule has 0 radical (unpaired) electrons. The molecule has 0 bridgehead atoms. The highest BCUT2D eigenvalue weighted by Gasteiger charge is 2.35. The van der Waals surface area contributed by atoms with E-state index in [1.165, 1.54) is 42.4 Å². The Morgan fingerprint density at radius 3 is 2.86 bits per heavy atom. The number of fused-ring (bicyclic) bond motifs is 2. The average Bonchev–Trinajstić information content (AvgIpc) is 3.08. The summed E-state index contributed by atoms with van der Waals surface area (Å²) in [6, 6.07) is 13.8. The van der Waals surface area contributed by atoms with Gasteiger partial charge in [0.25, 0.3) is 0 Å². The van der Waals surface area contributed by atoms with Gasteiger partial charge in [0, 0.05) is 25.7 Å². The Morgan fingerprint density at radius 2 is 2.00 bits per heavy atom. The van der Waals surface area contributed by atoms with E-state index >= 15 is 0 Å². The van der Waals surface area contributed by atoms with Crippen molar-refractivity contribution in [2.45, 2.75) is 19.0 Å². The molecule has 2 aromatic carbocycles. The molecule has 2 aliphatic rings. The minimum Gasteiger partial charge on any atom is -0.497 e. The van der Waals surface area contributed by atoms with E-state index in [-0.39, 0.29) is 0 Å². The zero-order valence-electron chi connectivity index (χ0n) is 12.5. The first-order valence-corrected chi connectivity index (χ1v) is 7.84. The summed E-state index contributed by atoms with van der Waals surface area (Å²) in [5.74, 6) is 1.79. The van der Waals surface area contributed by atoms with Gasteiger partial charge < -0.3 is 10.1 Å². The van der Waals surface area contributed by atoms with Gasteiger partial charge in [-0.15, -0.1) is 0 Å². The van der Waals surface area contributed by atoms with E-state index in [0.717, 1.165) is 24.3 Å². The van der Waals surface area contributed by atoms with Crippen LogP contribution in [0.4, 0.5) is 0 Å². The van der Waals surface area contributed by atoms with E-state index in [2.05, 4.69) is 40.5 Å². The zero-order valence-corrected chi connectivity index (χ0v) is 12.5. The number of hydrogen-bond acceptors (Lipinski definition) is 3. The zero-order chi connectivity index (χ0) is 14.2. The van der Waals surface area contributed by atoms with E-state index < -0.39 is 0 Å². The van der Waals surface area contributed by atoms with Gasteiger partial charge in [0.05, 0.1) is 7.11 Å². The van der Waals surface area contributed by atoms with Crippen molar-refractivity contribution in [1.29, 1.82) is 0 Å². The fraction of sp³-hybridized carbons (Fsp3) is 0.444. The first-order valence-electron chi connectivity index (χ1n) is 7.84. The Labute approximate surface area is 125 Å². The molecule has 2 aromatic rings. The standard InChI is InChI=1S/C18H22N2O/c1-21-17-5-4-14-8-13(2-3-15(14)9-17)10-20-11-16-6-7-19-18(16)12-20/h2-5,8-9,16,18-19H,6-7,10-12H2,1H3/t16-,18+/m0/s1. The van der Waals surface area contributed by atoms with Gasteiger partial charge in [0.15, 0.2) is 0 Å². The summed E-state index contributed by atoms with van der Waals surface area (Å²) >= 11 is 0. The SMILES string of the molecule is COc1ccc2cc(CN3C[C@@H]4CCN[C@@H]4C3)ccc2c1. The summed E-state index contributed by atoms with van der Waals surface area (Å²) in [5.41, 5.74) is 1.41. The second-order valence-corrected chi connectivity index (χ2v) is 6.35. The van der Waals surface area contributed by atoms with E-state index in [4.69, 9.17) is 4.74 Å². The molecule has 2 atom stereocenters. The number of methoxy groups -OCH3 is 1. The second kappa shape index (κ2) is 5.32. The van der Waals surface area contributed by atoms with Crippen LogP contribution < -0.4 is 10.1 Å². The molecule has 110 valence electrons. The van der Waals surface area contributed by atoms with Crippen LogP contribution >= 0.6 is 0 Å². The first kappa shape index (κ1) is 13.1. The topological polar surface area (TPSA) is 24.5 Å². The largest absolute Gasteiger partial charge is 0.497 e. The van der Waals surface area contributed by atoms with Crippen LogP contribution in [0.2, 0.25) is 0 Å². The number of ether oxygens (including phenoxy) is 1. The minimum absolute atomic E-state index is 0.731. The average molecular weight is 282 g/mol. The molecule has 4 rings (SSSR count). The number of likely N-dealkylation sites (tertiary alicyclic amines) is 1. The lowest BCUT2D eigenvalue weighted by molar-refractivity contribution is 0.307. The first-order chi connectivity index (χ1) is 10.3. The van der Waals surface area contributed by atoms with Crippen molar-refractivity contribution in [3.63, 3.8) is 0 Å². The van der Waals surface area contributed by atoms with E-state index in [1.807, 2.05) is 6.07 Å². The van der Waals surface area contributed by atoms with Crippen molar-refractivity contribution in [3.05, 3.63) is 42.0 Å². The van der Waals surface area contributed by atoms with Crippen LogP contribution in [0.1, 0.15) is 12.0 Å². The van der Waals surface area contributed by atoms with E-state index in [1.54, 1.807) is 7.11 Å². The molecule has 0 aliphatic carbocycles. The summed E-state index contributed by atoms with van der Waals surface area (Å²) in [6.07, 6.45) is 1.35.